The molecule has 1 amide bonds. The summed E-state index contributed by atoms with van der Waals surface area (Å²) in [5.41, 5.74) is 2.28. The maximum absolute atomic E-state index is 12.4. The third-order valence-corrected chi connectivity index (χ3v) is 5.94. The first-order chi connectivity index (χ1) is 11.8. The van der Waals surface area contributed by atoms with Gasteiger partial charge in [0.15, 0.2) is 0 Å². The van der Waals surface area contributed by atoms with Gasteiger partial charge >= 0.3 is 0 Å². The Labute approximate surface area is 151 Å². The minimum atomic E-state index is -3.23. The minimum Gasteiger partial charge on any atom is -0.352 e. The van der Waals surface area contributed by atoms with Crippen LogP contribution in [0.2, 0.25) is 0 Å². The lowest BCUT2D eigenvalue weighted by molar-refractivity contribution is -0.126. The summed E-state index contributed by atoms with van der Waals surface area (Å²) in [6.07, 6.45) is 2.66. The fourth-order valence-electron chi connectivity index (χ4n) is 3.05. The van der Waals surface area contributed by atoms with Gasteiger partial charge < -0.3 is 10.2 Å². The average molecular weight is 368 g/mol. The predicted octanol–water partition coefficient (Wildman–Crippen LogP) is 1.43. The zero-order valence-electron chi connectivity index (χ0n) is 15.4. The molecule has 6 nitrogen and oxygen atoms in total. The van der Waals surface area contributed by atoms with E-state index in [9.17, 15) is 13.2 Å². The number of benzene rings is 1. The summed E-state index contributed by atoms with van der Waals surface area (Å²) >= 11 is 0. The molecule has 0 spiro atoms. The van der Waals surface area contributed by atoms with Crippen LogP contribution in [0, 0.1) is 5.92 Å². The number of nitrogens with one attached hydrogen (secondary N) is 1. The van der Waals surface area contributed by atoms with Crippen molar-refractivity contribution < 1.29 is 13.2 Å². The van der Waals surface area contributed by atoms with Crippen LogP contribution in [0.5, 0.6) is 0 Å². The molecule has 1 aromatic carbocycles. The van der Waals surface area contributed by atoms with Crippen molar-refractivity contribution in [1.29, 1.82) is 0 Å². The summed E-state index contributed by atoms with van der Waals surface area (Å²) in [6.45, 7) is 5.25. The van der Waals surface area contributed by atoms with Gasteiger partial charge in [-0.15, -0.1) is 0 Å². The molecule has 1 N–H and O–H groups in total. The highest BCUT2D eigenvalue weighted by Gasteiger charge is 2.29. The molecule has 25 heavy (non-hydrogen) atoms. The number of nitrogens with zero attached hydrogens (tertiary/aromatic N) is 2. The highest BCUT2D eigenvalue weighted by molar-refractivity contribution is 7.88. The first kappa shape index (κ1) is 19.9. The van der Waals surface area contributed by atoms with E-state index >= 15 is 0 Å². The van der Waals surface area contributed by atoms with Crippen LogP contribution in [0.25, 0.3) is 0 Å². The SMILES string of the molecule is CCN(C)Cc1cccc(CNC(=O)C2CCCN(S(C)(=O)=O)C2)c1. The van der Waals surface area contributed by atoms with E-state index < -0.39 is 10.0 Å². The third kappa shape index (κ3) is 6.09. The molecule has 1 aliphatic heterocycles. The second-order valence-corrected chi connectivity index (χ2v) is 8.81. The summed E-state index contributed by atoms with van der Waals surface area (Å²) in [6, 6.07) is 8.20. The molecule has 1 unspecified atom stereocenters. The Bertz CT molecular complexity index is 691. The van der Waals surface area contributed by atoms with Crippen molar-refractivity contribution in [1.82, 2.24) is 14.5 Å². The zero-order valence-corrected chi connectivity index (χ0v) is 16.2. The average Bonchev–Trinajstić information content (AvgIpc) is 2.59. The Morgan fingerprint density at radius 1 is 1.36 bits per heavy atom. The molecule has 0 aliphatic carbocycles. The molecule has 1 aliphatic rings. The number of carbonyl (C=O) groups is 1. The molecule has 2 rings (SSSR count). The van der Waals surface area contributed by atoms with Crippen LogP contribution >= 0.6 is 0 Å². The monoisotopic (exact) mass is 367 g/mol. The van der Waals surface area contributed by atoms with Crippen molar-refractivity contribution in [3.8, 4) is 0 Å². The lowest BCUT2D eigenvalue weighted by atomic mass is 9.98. The fourth-order valence-corrected chi connectivity index (χ4v) is 3.96. The van der Waals surface area contributed by atoms with E-state index in [0.717, 1.165) is 31.5 Å². The van der Waals surface area contributed by atoms with E-state index in [1.807, 2.05) is 12.1 Å². The molecule has 0 bridgehead atoms. The van der Waals surface area contributed by atoms with Crippen LogP contribution in [0.3, 0.4) is 0 Å². The minimum absolute atomic E-state index is 0.0653. The van der Waals surface area contributed by atoms with Gasteiger partial charge in [-0.1, -0.05) is 31.2 Å². The Balaban J connectivity index is 1.90. The Morgan fingerprint density at radius 3 is 2.76 bits per heavy atom. The predicted molar refractivity (Wildman–Crippen MR) is 99.4 cm³/mol. The normalized spacial score (nSPS) is 19.1. The molecule has 140 valence electrons. The van der Waals surface area contributed by atoms with Crippen LogP contribution < -0.4 is 5.32 Å². The molecule has 1 atom stereocenters. The summed E-state index contributed by atoms with van der Waals surface area (Å²) < 4.78 is 24.8. The first-order valence-corrected chi connectivity index (χ1v) is 10.6. The number of hydrogen-bond acceptors (Lipinski definition) is 4. The van der Waals surface area contributed by atoms with Gasteiger partial charge in [0.1, 0.15) is 0 Å². The van der Waals surface area contributed by atoms with Crippen LogP contribution in [0.15, 0.2) is 24.3 Å². The lowest BCUT2D eigenvalue weighted by Crippen LogP contribution is -2.44. The van der Waals surface area contributed by atoms with Crippen molar-refractivity contribution in [3.63, 3.8) is 0 Å². The third-order valence-electron chi connectivity index (χ3n) is 4.67. The van der Waals surface area contributed by atoms with Gasteiger partial charge in [0.2, 0.25) is 15.9 Å². The van der Waals surface area contributed by atoms with Gasteiger partial charge in [-0.3, -0.25) is 4.79 Å². The Hall–Kier alpha value is -1.44. The molecule has 1 saturated heterocycles. The molecular formula is C18H29N3O3S. The first-order valence-electron chi connectivity index (χ1n) is 8.78. The summed E-state index contributed by atoms with van der Waals surface area (Å²) in [5.74, 6) is -0.331. The molecular weight excluding hydrogens is 338 g/mol. The lowest BCUT2D eigenvalue weighted by Gasteiger charge is -2.30. The van der Waals surface area contributed by atoms with Crippen LogP contribution in [-0.2, 0) is 27.9 Å². The van der Waals surface area contributed by atoms with Crippen molar-refractivity contribution in [2.24, 2.45) is 5.92 Å². The quantitative estimate of drug-likeness (QED) is 0.791. The standard InChI is InChI=1S/C18H29N3O3S/c1-4-20(2)13-16-8-5-7-15(11-16)12-19-18(22)17-9-6-10-21(14-17)25(3,23)24/h5,7-8,11,17H,4,6,9-10,12-14H2,1-3H3,(H,19,22). The van der Waals surface area contributed by atoms with E-state index in [2.05, 4.69) is 36.3 Å². The zero-order chi connectivity index (χ0) is 18.4. The second kappa shape index (κ2) is 8.78. The highest BCUT2D eigenvalue weighted by Crippen LogP contribution is 2.19. The van der Waals surface area contributed by atoms with Crippen LogP contribution in [0.1, 0.15) is 30.9 Å². The molecule has 7 heteroatoms. The largest absolute Gasteiger partial charge is 0.352 e. The second-order valence-electron chi connectivity index (χ2n) is 6.83. The Kier molecular flexibility index (Phi) is 6.98. The topological polar surface area (TPSA) is 69.7 Å². The summed E-state index contributed by atoms with van der Waals surface area (Å²) in [4.78, 5) is 14.6. The molecule has 1 heterocycles. The van der Waals surface area contributed by atoms with Crippen LogP contribution in [-0.4, -0.2) is 56.5 Å². The molecule has 0 saturated carbocycles. The van der Waals surface area contributed by atoms with Gasteiger partial charge in [0.05, 0.1) is 12.2 Å². The molecule has 1 aromatic rings. The van der Waals surface area contributed by atoms with E-state index in [1.165, 1.54) is 16.1 Å². The van der Waals surface area contributed by atoms with Crippen molar-refractivity contribution in [3.05, 3.63) is 35.4 Å². The molecule has 0 aromatic heterocycles. The van der Waals surface area contributed by atoms with E-state index in [1.54, 1.807) is 0 Å². The number of carbonyl (C=O) groups excluding carboxylic acids is 1. The van der Waals surface area contributed by atoms with Gasteiger partial charge in [0.25, 0.3) is 0 Å². The fraction of sp³-hybridized carbons (Fsp3) is 0.611. The number of hydrogen-bond donors (Lipinski definition) is 1. The summed E-state index contributed by atoms with van der Waals surface area (Å²) in [7, 11) is -1.16. The number of sulfonamides is 1. The smallest absolute Gasteiger partial charge is 0.224 e. The Morgan fingerprint density at radius 2 is 2.08 bits per heavy atom. The maximum Gasteiger partial charge on any atom is 0.224 e. The van der Waals surface area contributed by atoms with Crippen molar-refractivity contribution in [2.75, 3.05) is 32.9 Å². The van der Waals surface area contributed by atoms with E-state index in [4.69, 9.17) is 0 Å². The van der Waals surface area contributed by atoms with Gasteiger partial charge in [-0.25, -0.2) is 12.7 Å². The molecule has 0 radical (unpaired) electrons. The van der Waals surface area contributed by atoms with Crippen molar-refractivity contribution >= 4 is 15.9 Å². The van der Waals surface area contributed by atoms with Gasteiger partial charge in [0, 0.05) is 26.2 Å². The van der Waals surface area contributed by atoms with Crippen molar-refractivity contribution in [2.45, 2.75) is 32.9 Å². The highest BCUT2D eigenvalue weighted by atomic mass is 32.2. The molecule has 1 fully saturated rings. The van der Waals surface area contributed by atoms with E-state index in [-0.39, 0.29) is 18.4 Å². The van der Waals surface area contributed by atoms with Gasteiger partial charge in [-0.05, 0) is 37.6 Å². The maximum atomic E-state index is 12.4. The van der Waals surface area contributed by atoms with Gasteiger partial charge in [-0.2, -0.15) is 0 Å². The number of amides is 1. The number of piperidine rings is 1. The summed E-state index contributed by atoms with van der Waals surface area (Å²) in [5, 5.41) is 2.96. The number of rotatable bonds is 7. The van der Waals surface area contributed by atoms with Crippen LogP contribution in [0.4, 0.5) is 0 Å². The van der Waals surface area contributed by atoms with E-state index in [0.29, 0.717) is 13.1 Å².